The summed E-state index contributed by atoms with van der Waals surface area (Å²) in [5.74, 6) is 0.308. The second-order valence-electron chi connectivity index (χ2n) is 4.64. The molecule has 0 aromatic carbocycles. The number of aromatic nitrogens is 2. The Hall–Kier alpha value is -0.590. The Morgan fingerprint density at radius 1 is 1.47 bits per heavy atom. The number of rotatable bonds is 4. The quantitative estimate of drug-likeness (QED) is 0.819. The van der Waals surface area contributed by atoms with Crippen molar-refractivity contribution in [3.8, 4) is 0 Å². The van der Waals surface area contributed by atoms with E-state index in [0.717, 1.165) is 19.3 Å². The van der Waals surface area contributed by atoms with Gasteiger partial charge < -0.3 is 0 Å². The molecule has 96 valence electrons. The van der Waals surface area contributed by atoms with Crippen molar-refractivity contribution < 1.29 is 8.42 Å². The highest BCUT2D eigenvalue weighted by Gasteiger charge is 2.41. The molecule has 2 rings (SSSR count). The van der Waals surface area contributed by atoms with Crippen LogP contribution >= 0.6 is 11.6 Å². The molecular formula is C10H16ClN3O2S. The summed E-state index contributed by atoms with van der Waals surface area (Å²) in [6, 6.07) is 0. The van der Waals surface area contributed by atoms with Gasteiger partial charge in [0.1, 0.15) is 4.90 Å². The van der Waals surface area contributed by atoms with Crippen molar-refractivity contribution in [1.29, 1.82) is 0 Å². The predicted octanol–water partition coefficient (Wildman–Crippen LogP) is 1.47. The molecule has 0 aliphatic heterocycles. The van der Waals surface area contributed by atoms with Crippen LogP contribution in [0.5, 0.6) is 0 Å². The number of nitrogens with zero attached hydrogens (tertiary/aromatic N) is 1. The lowest BCUT2D eigenvalue weighted by molar-refractivity contribution is 0.252. The normalized spacial score (nSPS) is 19.0. The highest BCUT2D eigenvalue weighted by Crippen LogP contribution is 2.34. The number of halogens is 1. The molecule has 17 heavy (non-hydrogen) atoms. The van der Waals surface area contributed by atoms with Crippen LogP contribution in [0.25, 0.3) is 0 Å². The number of H-pyrrole nitrogens is 1. The Bertz CT molecular complexity index is 495. The molecule has 0 amide bonds. The van der Waals surface area contributed by atoms with Crippen molar-refractivity contribution in [2.24, 2.45) is 0 Å². The highest BCUT2D eigenvalue weighted by atomic mass is 35.5. The third-order valence-corrected chi connectivity index (χ3v) is 5.60. The van der Waals surface area contributed by atoms with Gasteiger partial charge in [0.05, 0.1) is 11.4 Å². The highest BCUT2D eigenvalue weighted by molar-refractivity contribution is 7.89. The molecule has 7 heteroatoms. The first-order valence-electron chi connectivity index (χ1n) is 5.52. The zero-order valence-electron chi connectivity index (χ0n) is 9.88. The summed E-state index contributed by atoms with van der Waals surface area (Å²) in [4.78, 5) is 0.244. The van der Waals surface area contributed by atoms with Gasteiger partial charge in [0.2, 0.25) is 10.0 Å². The van der Waals surface area contributed by atoms with Gasteiger partial charge in [0.15, 0.2) is 0 Å². The average molecular weight is 278 g/mol. The van der Waals surface area contributed by atoms with Gasteiger partial charge in [0, 0.05) is 11.4 Å². The fraction of sp³-hybridized carbons (Fsp3) is 0.700. The number of nitrogens with one attached hydrogen (secondary N) is 2. The molecule has 5 nitrogen and oxygen atoms in total. The Morgan fingerprint density at radius 2 is 2.12 bits per heavy atom. The average Bonchev–Trinajstić information content (AvgIpc) is 2.53. The van der Waals surface area contributed by atoms with E-state index in [2.05, 4.69) is 14.9 Å². The SMILES string of the molecule is Cc1n[nH]c(C)c1S(=O)(=O)NC1(CCl)CCC1. The zero-order valence-corrected chi connectivity index (χ0v) is 11.5. The molecule has 0 saturated heterocycles. The topological polar surface area (TPSA) is 74.8 Å². The summed E-state index contributed by atoms with van der Waals surface area (Å²) < 4.78 is 27.3. The maximum atomic E-state index is 12.3. The third kappa shape index (κ3) is 2.21. The van der Waals surface area contributed by atoms with E-state index in [0.29, 0.717) is 17.3 Å². The van der Waals surface area contributed by atoms with E-state index >= 15 is 0 Å². The number of aryl methyl sites for hydroxylation is 2. The van der Waals surface area contributed by atoms with Gasteiger partial charge in [-0.15, -0.1) is 11.6 Å². The van der Waals surface area contributed by atoms with Crippen LogP contribution in [-0.4, -0.2) is 30.0 Å². The van der Waals surface area contributed by atoms with E-state index in [9.17, 15) is 8.42 Å². The smallest absolute Gasteiger partial charge is 0.244 e. The lowest BCUT2D eigenvalue weighted by Crippen LogP contribution is -2.54. The molecule has 0 bridgehead atoms. The summed E-state index contributed by atoms with van der Waals surface area (Å²) >= 11 is 5.86. The van der Waals surface area contributed by atoms with Gasteiger partial charge in [0.25, 0.3) is 0 Å². The first kappa shape index (κ1) is 12.9. The largest absolute Gasteiger partial charge is 0.281 e. The first-order chi connectivity index (χ1) is 7.90. The summed E-state index contributed by atoms with van der Waals surface area (Å²) in [6.07, 6.45) is 2.61. The maximum Gasteiger partial charge on any atom is 0.244 e. The molecular weight excluding hydrogens is 262 g/mol. The van der Waals surface area contributed by atoms with Crippen LogP contribution in [0.15, 0.2) is 4.90 Å². The van der Waals surface area contributed by atoms with E-state index < -0.39 is 15.6 Å². The standard InChI is InChI=1S/C10H16ClN3O2S/c1-7-9(8(2)13-12-7)17(15,16)14-10(6-11)4-3-5-10/h14H,3-6H2,1-2H3,(H,12,13). The number of sulfonamides is 1. The Balaban J connectivity index is 2.31. The van der Waals surface area contributed by atoms with E-state index in [1.165, 1.54) is 0 Å². The molecule has 1 fully saturated rings. The van der Waals surface area contributed by atoms with E-state index in [4.69, 9.17) is 11.6 Å². The Kier molecular flexibility index (Phi) is 3.22. The minimum Gasteiger partial charge on any atom is -0.281 e. The molecule has 1 saturated carbocycles. The van der Waals surface area contributed by atoms with Gasteiger partial charge in [-0.2, -0.15) is 5.10 Å². The molecule has 1 aliphatic rings. The third-order valence-electron chi connectivity index (χ3n) is 3.25. The molecule has 0 radical (unpaired) electrons. The van der Waals surface area contributed by atoms with Crippen molar-refractivity contribution in [3.63, 3.8) is 0 Å². The van der Waals surface area contributed by atoms with Crippen LogP contribution in [0.1, 0.15) is 30.7 Å². The van der Waals surface area contributed by atoms with Crippen molar-refractivity contribution in [2.75, 3.05) is 5.88 Å². The number of alkyl halides is 1. The fourth-order valence-corrected chi connectivity index (χ4v) is 4.38. The second kappa shape index (κ2) is 4.26. The summed E-state index contributed by atoms with van der Waals surface area (Å²) in [6.45, 7) is 3.37. The minimum absolute atomic E-state index is 0.244. The predicted molar refractivity (Wildman–Crippen MR) is 65.7 cm³/mol. The van der Waals surface area contributed by atoms with Crippen LogP contribution < -0.4 is 4.72 Å². The van der Waals surface area contributed by atoms with Crippen LogP contribution in [0.2, 0.25) is 0 Å². The van der Waals surface area contributed by atoms with Crippen LogP contribution in [-0.2, 0) is 10.0 Å². The molecule has 1 aliphatic carbocycles. The van der Waals surface area contributed by atoms with Crippen LogP contribution in [0.4, 0.5) is 0 Å². The van der Waals surface area contributed by atoms with Gasteiger partial charge >= 0.3 is 0 Å². The van der Waals surface area contributed by atoms with Gasteiger partial charge in [-0.05, 0) is 33.1 Å². The number of aromatic amines is 1. The Morgan fingerprint density at radius 3 is 2.47 bits per heavy atom. The van der Waals surface area contributed by atoms with Crippen LogP contribution in [0.3, 0.4) is 0 Å². The Labute approximate surface area is 106 Å². The number of hydrogen-bond donors (Lipinski definition) is 2. The molecule has 0 unspecified atom stereocenters. The fourth-order valence-electron chi connectivity index (χ4n) is 2.14. The molecule has 0 atom stereocenters. The van der Waals surface area contributed by atoms with Crippen molar-refractivity contribution in [1.82, 2.24) is 14.9 Å². The number of hydrogen-bond acceptors (Lipinski definition) is 3. The molecule has 0 spiro atoms. The van der Waals surface area contributed by atoms with Crippen molar-refractivity contribution in [3.05, 3.63) is 11.4 Å². The van der Waals surface area contributed by atoms with Gasteiger partial charge in [-0.25, -0.2) is 13.1 Å². The lowest BCUT2D eigenvalue weighted by atomic mass is 9.79. The van der Waals surface area contributed by atoms with Gasteiger partial charge in [-0.3, -0.25) is 5.10 Å². The van der Waals surface area contributed by atoms with Crippen molar-refractivity contribution >= 4 is 21.6 Å². The summed E-state index contributed by atoms with van der Waals surface area (Å²) in [7, 11) is -3.54. The maximum absolute atomic E-state index is 12.3. The minimum atomic E-state index is -3.54. The summed E-state index contributed by atoms with van der Waals surface area (Å²) in [5.41, 5.74) is 0.578. The van der Waals surface area contributed by atoms with Crippen LogP contribution in [0, 0.1) is 13.8 Å². The monoisotopic (exact) mass is 277 g/mol. The van der Waals surface area contributed by atoms with Crippen molar-refractivity contribution in [2.45, 2.75) is 43.5 Å². The van der Waals surface area contributed by atoms with E-state index in [-0.39, 0.29) is 4.90 Å². The molecule has 2 N–H and O–H groups in total. The first-order valence-corrected chi connectivity index (χ1v) is 7.53. The van der Waals surface area contributed by atoms with E-state index in [1.807, 2.05) is 0 Å². The molecule has 1 aromatic rings. The summed E-state index contributed by atoms with van der Waals surface area (Å²) in [5, 5.41) is 6.59. The molecule has 1 aromatic heterocycles. The molecule has 1 heterocycles. The zero-order chi connectivity index (χ0) is 12.7. The lowest BCUT2D eigenvalue weighted by Gasteiger charge is -2.40. The van der Waals surface area contributed by atoms with E-state index in [1.54, 1.807) is 13.8 Å². The van der Waals surface area contributed by atoms with Gasteiger partial charge in [-0.1, -0.05) is 0 Å². The second-order valence-corrected chi connectivity index (χ2v) is 6.52.